The molecule has 0 aliphatic carbocycles. The number of piperidine rings is 1. The van der Waals surface area contributed by atoms with Crippen LogP contribution in [0.3, 0.4) is 0 Å². The number of fused-ring (bicyclic) bond motifs is 1. The van der Waals surface area contributed by atoms with Crippen molar-refractivity contribution in [1.82, 2.24) is 19.9 Å². The number of methoxy groups -OCH3 is 1. The molecule has 5 rings (SSSR count). The second-order valence-corrected chi connectivity index (χ2v) is 12.8. The molecule has 0 spiro atoms. The Labute approximate surface area is 222 Å². The van der Waals surface area contributed by atoms with E-state index in [9.17, 15) is 12.8 Å². The summed E-state index contributed by atoms with van der Waals surface area (Å²) in [6, 6.07) is 6.23. The molecule has 12 heteroatoms. The molecule has 204 valence electrons. The number of ether oxygens (including phenoxy) is 1. The zero-order chi connectivity index (χ0) is 27.0. The van der Waals surface area contributed by atoms with Crippen LogP contribution in [0.5, 0.6) is 0 Å². The van der Waals surface area contributed by atoms with Crippen LogP contribution in [0.2, 0.25) is 0 Å². The summed E-state index contributed by atoms with van der Waals surface area (Å²) in [7, 11) is -1.46. The number of hydrogen-bond acceptors (Lipinski definition) is 10. The number of nitrogens with zero attached hydrogens (tertiary/aromatic N) is 6. The molecule has 10 nitrogen and oxygen atoms in total. The summed E-state index contributed by atoms with van der Waals surface area (Å²) < 4.78 is 43.0. The van der Waals surface area contributed by atoms with E-state index in [0.717, 1.165) is 16.5 Å². The highest BCUT2D eigenvalue weighted by Gasteiger charge is 2.32. The highest BCUT2D eigenvalue weighted by molar-refractivity contribution is 7.90. The summed E-state index contributed by atoms with van der Waals surface area (Å²) in [5.41, 5.74) is 2.24. The van der Waals surface area contributed by atoms with E-state index in [4.69, 9.17) is 4.74 Å². The Kier molecular flexibility index (Phi) is 7.36. The smallest absolute Gasteiger partial charge is 0.233 e. The lowest BCUT2D eigenvalue weighted by molar-refractivity contribution is 0.0194. The van der Waals surface area contributed by atoms with Crippen molar-refractivity contribution in [2.24, 2.45) is 5.92 Å². The van der Waals surface area contributed by atoms with Gasteiger partial charge < -0.3 is 19.9 Å². The Morgan fingerprint density at radius 3 is 2.61 bits per heavy atom. The fourth-order valence-corrected chi connectivity index (χ4v) is 6.41. The highest BCUT2D eigenvalue weighted by atomic mass is 32.2. The predicted molar refractivity (Wildman–Crippen MR) is 147 cm³/mol. The van der Waals surface area contributed by atoms with Gasteiger partial charge in [0.25, 0.3) is 0 Å². The van der Waals surface area contributed by atoms with Crippen molar-refractivity contribution in [2.75, 3.05) is 60.4 Å². The van der Waals surface area contributed by atoms with Gasteiger partial charge in [-0.25, -0.2) is 27.8 Å². The molecule has 0 saturated carbocycles. The maximum absolute atomic E-state index is 14.4. The molecule has 1 N–H and O–H groups in total. The second kappa shape index (κ2) is 10.6. The standard InChI is InChI=1S/C26H34FN7O3S/c1-16(2)18-5-6-22(34-11-17(12-34)14-38(4,35)36)20-10-28-24(9-19(18)20)31-25-29-15-30-26(32-25)33-8-7-23(37-3)21(27)13-33/h5-6,9-10,15-17,21,23H,7-8,11-14H2,1-4H3,(H,28,29,30,31,32)/t21-,23+/m1/s1. The number of benzene rings is 1. The fourth-order valence-electron chi connectivity index (χ4n) is 5.34. The lowest BCUT2D eigenvalue weighted by Crippen LogP contribution is -2.49. The molecule has 2 aromatic heterocycles. The van der Waals surface area contributed by atoms with Crippen LogP contribution in [-0.2, 0) is 14.6 Å². The molecule has 0 unspecified atom stereocenters. The minimum Gasteiger partial charge on any atom is -0.378 e. The van der Waals surface area contributed by atoms with Crippen LogP contribution in [-0.4, -0.2) is 85.9 Å². The number of pyridine rings is 1. The van der Waals surface area contributed by atoms with E-state index in [1.165, 1.54) is 25.3 Å². The summed E-state index contributed by atoms with van der Waals surface area (Å²) in [6.45, 7) is 6.47. The van der Waals surface area contributed by atoms with Crippen LogP contribution in [0.4, 0.5) is 27.8 Å². The Morgan fingerprint density at radius 2 is 1.92 bits per heavy atom. The largest absolute Gasteiger partial charge is 0.378 e. The van der Waals surface area contributed by atoms with Gasteiger partial charge in [-0.3, -0.25) is 0 Å². The van der Waals surface area contributed by atoms with E-state index in [1.54, 1.807) is 4.90 Å². The Bertz CT molecular complexity index is 1420. The van der Waals surface area contributed by atoms with Gasteiger partial charge in [0.15, 0.2) is 0 Å². The molecule has 4 heterocycles. The molecule has 0 bridgehead atoms. The van der Waals surface area contributed by atoms with Crippen molar-refractivity contribution >= 4 is 44.0 Å². The summed E-state index contributed by atoms with van der Waals surface area (Å²) in [5.74, 6) is 1.98. The summed E-state index contributed by atoms with van der Waals surface area (Å²) in [4.78, 5) is 21.6. The summed E-state index contributed by atoms with van der Waals surface area (Å²) in [5, 5.41) is 5.27. The van der Waals surface area contributed by atoms with Crippen LogP contribution in [0.25, 0.3) is 10.8 Å². The quantitative estimate of drug-likeness (QED) is 0.454. The molecule has 3 aromatic rings. The molecule has 0 radical (unpaired) electrons. The maximum atomic E-state index is 14.4. The lowest BCUT2D eigenvalue weighted by atomic mass is 9.93. The third kappa shape index (κ3) is 5.65. The monoisotopic (exact) mass is 543 g/mol. The predicted octanol–water partition coefficient (Wildman–Crippen LogP) is 3.33. The van der Waals surface area contributed by atoms with Crippen LogP contribution < -0.4 is 15.1 Å². The van der Waals surface area contributed by atoms with Crippen LogP contribution in [0.1, 0.15) is 31.7 Å². The molecule has 1 aromatic carbocycles. The van der Waals surface area contributed by atoms with Gasteiger partial charge in [0.05, 0.1) is 18.4 Å². The first-order valence-electron chi connectivity index (χ1n) is 12.8. The van der Waals surface area contributed by atoms with Gasteiger partial charge in [0.2, 0.25) is 11.9 Å². The maximum Gasteiger partial charge on any atom is 0.233 e. The Balaban J connectivity index is 1.37. The zero-order valence-corrected chi connectivity index (χ0v) is 22.9. The summed E-state index contributed by atoms with van der Waals surface area (Å²) >= 11 is 0. The molecule has 2 aliphatic rings. The van der Waals surface area contributed by atoms with E-state index in [-0.39, 0.29) is 18.2 Å². The van der Waals surface area contributed by atoms with E-state index >= 15 is 0 Å². The molecule has 2 fully saturated rings. The van der Waals surface area contributed by atoms with Crippen molar-refractivity contribution in [2.45, 2.75) is 38.5 Å². The number of rotatable bonds is 8. The van der Waals surface area contributed by atoms with Gasteiger partial charge in [-0.1, -0.05) is 19.9 Å². The van der Waals surface area contributed by atoms with E-state index in [1.807, 2.05) is 12.3 Å². The highest BCUT2D eigenvalue weighted by Crippen LogP contribution is 2.37. The lowest BCUT2D eigenvalue weighted by Gasteiger charge is -2.41. The van der Waals surface area contributed by atoms with E-state index in [2.05, 4.69) is 56.1 Å². The number of aromatic nitrogens is 4. The van der Waals surface area contributed by atoms with Crippen molar-refractivity contribution in [3.63, 3.8) is 0 Å². The van der Waals surface area contributed by atoms with Gasteiger partial charge in [0.1, 0.15) is 28.2 Å². The van der Waals surface area contributed by atoms with Crippen LogP contribution >= 0.6 is 0 Å². The van der Waals surface area contributed by atoms with Crippen molar-refractivity contribution in [3.8, 4) is 0 Å². The number of anilines is 4. The topological polar surface area (TPSA) is 113 Å². The van der Waals surface area contributed by atoms with Crippen molar-refractivity contribution in [3.05, 3.63) is 36.3 Å². The Hall–Kier alpha value is -3.12. The molecule has 2 atom stereocenters. The average Bonchev–Trinajstić information content (AvgIpc) is 2.85. The first kappa shape index (κ1) is 26.5. The minimum atomic E-state index is -2.99. The average molecular weight is 544 g/mol. The molecule has 0 amide bonds. The van der Waals surface area contributed by atoms with E-state index < -0.39 is 22.1 Å². The second-order valence-electron chi connectivity index (χ2n) is 10.6. The van der Waals surface area contributed by atoms with E-state index in [0.29, 0.717) is 49.7 Å². The van der Waals surface area contributed by atoms with Gasteiger partial charge in [-0.2, -0.15) is 4.98 Å². The number of hydrogen-bond donors (Lipinski definition) is 1. The van der Waals surface area contributed by atoms with Crippen LogP contribution in [0, 0.1) is 5.92 Å². The van der Waals surface area contributed by atoms with Crippen LogP contribution in [0.15, 0.2) is 30.7 Å². The van der Waals surface area contributed by atoms with Gasteiger partial charge >= 0.3 is 0 Å². The number of halogens is 1. The molecule has 2 saturated heterocycles. The third-order valence-electron chi connectivity index (χ3n) is 7.24. The van der Waals surface area contributed by atoms with Gasteiger partial charge in [-0.15, -0.1) is 0 Å². The zero-order valence-electron chi connectivity index (χ0n) is 22.1. The third-order valence-corrected chi connectivity index (χ3v) is 8.31. The number of sulfone groups is 1. The molecular formula is C26H34FN7O3S. The number of alkyl halides is 1. The molecule has 2 aliphatic heterocycles. The first-order chi connectivity index (χ1) is 18.1. The van der Waals surface area contributed by atoms with Gasteiger partial charge in [0, 0.05) is 56.2 Å². The first-order valence-corrected chi connectivity index (χ1v) is 14.9. The van der Waals surface area contributed by atoms with Crippen molar-refractivity contribution in [1.29, 1.82) is 0 Å². The summed E-state index contributed by atoms with van der Waals surface area (Å²) in [6.07, 6.45) is 3.58. The van der Waals surface area contributed by atoms with Gasteiger partial charge in [-0.05, 0) is 35.4 Å². The fraction of sp³-hybridized carbons (Fsp3) is 0.538. The Morgan fingerprint density at radius 1 is 1.13 bits per heavy atom. The molecular weight excluding hydrogens is 509 g/mol. The molecule has 38 heavy (non-hydrogen) atoms. The minimum absolute atomic E-state index is 0.143. The van der Waals surface area contributed by atoms with Crippen molar-refractivity contribution < 1.29 is 17.5 Å². The SMILES string of the molecule is CO[C@H]1CCN(c2ncnc(Nc3cc4c(C(C)C)ccc(N5CC(CS(C)(=O)=O)C5)c4cn3)n2)C[C@H]1F. The normalized spacial score (nSPS) is 20.7. The number of nitrogens with one attached hydrogen (secondary N) is 1.